The lowest BCUT2D eigenvalue weighted by Crippen LogP contribution is -2.44. The van der Waals surface area contributed by atoms with E-state index in [2.05, 4.69) is 17.9 Å². The second-order valence-corrected chi connectivity index (χ2v) is 7.06. The Kier molecular flexibility index (Phi) is 7.45. The van der Waals surface area contributed by atoms with Gasteiger partial charge in [0.15, 0.2) is 6.10 Å². The van der Waals surface area contributed by atoms with Crippen molar-refractivity contribution in [3.8, 4) is 0 Å². The van der Waals surface area contributed by atoms with Gasteiger partial charge in [0, 0.05) is 5.75 Å². The van der Waals surface area contributed by atoms with E-state index < -0.39 is 30.0 Å². The molecule has 0 aliphatic rings. The number of carboxylic acids is 1. The zero-order valence-electron chi connectivity index (χ0n) is 16.5. The molecule has 0 aliphatic heterocycles. The summed E-state index contributed by atoms with van der Waals surface area (Å²) in [6, 6.07) is 23.2. The van der Waals surface area contributed by atoms with Crippen LogP contribution >= 0.6 is 12.6 Å². The number of amides is 1. The van der Waals surface area contributed by atoms with Crippen LogP contribution in [0.2, 0.25) is 0 Å². The SMILES string of the molecule is O=C(O)c1ccccc1C(=O)N[C@@H](CS)C(=O)OC(c1ccccc1)c1ccccc1. The molecule has 0 fully saturated rings. The van der Waals surface area contributed by atoms with E-state index in [0.717, 1.165) is 11.1 Å². The first-order chi connectivity index (χ1) is 15.0. The number of nitrogens with one attached hydrogen (secondary N) is 1. The van der Waals surface area contributed by atoms with Gasteiger partial charge in [0.2, 0.25) is 0 Å². The van der Waals surface area contributed by atoms with E-state index in [1.54, 1.807) is 6.07 Å². The predicted molar refractivity (Wildman–Crippen MR) is 119 cm³/mol. The minimum Gasteiger partial charge on any atom is -0.478 e. The van der Waals surface area contributed by atoms with Crippen LogP contribution in [0.25, 0.3) is 0 Å². The first-order valence-corrected chi connectivity index (χ1v) is 10.2. The van der Waals surface area contributed by atoms with E-state index in [4.69, 9.17) is 4.74 Å². The van der Waals surface area contributed by atoms with Crippen molar-refractivity contribution in [3.63, 3.8) is 0 Å². The molecule has 3 aromatic rings. The molecule has 1 amide bonds. The summed E-state index contributed by atoms with van der Waals surface area (Å²) in [5.41, 5.74) is 1.36. The largest absolute Gasteiger partial charge is 0.478 e. The van der Waals surface area contributed by atoms with Crippen molar-refractivity contribution in [1.82, 2.24) is 5.32 Å². The van der Waals surface area contributed by atoms with Gasteiger partial charge in [-0.3, -0.25) is 4.79 Å². The fourth-order valence-electron chi connectivity index (χ4n) is 3.07. The van der Waals surface area contributed by atoms with Crippen LogP contribution in [0.4, 0.5) is 0 Å². The van der Waals surface area contributed by atoms with Gasteiger partial charge in [-0.25, -0.2) is 9.59 Å². The minimum absolute atomic E-state index is 0.0177. The summed E-state index contributed by atoms with van der Waals surface area (Å²) >= 11 is 4.17. The van der Waals surface area contributed by atoms with Gasteiger partial charge in [0.05, 0.1) is 11.1 Å². The summed E-state index contributed by atoms with van der Waals surface area (Å²) in [7, 11) is 0. The lowest BCUT2D eigenvalue weighted by molar-refractivity contribution is -0.149. The number of hydrogen-bond donors (Lipinski definition) is 3. The van der Waals surface area contributed by atoms with Gasteiger partial charge in [0.25, 0.3) is 5.91 Å². The first-order valence-electron chi connectivity index (χ1n) is 9.55. The van der Waals surface area contributed by atoms with Crippen molar-refractivity contribution in [2.75, 3.05) is 5.75 Å². The quantitative estimate of drug-likeness (QED) is 0.370. The molecular formula is C24H21NO5S. The highest BCUT2D eigenvalue weighted by Crippen LogP contribution is 2.26. The molecule has 1 atom stereocenters. The van der Waals surface area contributed by atoms with E-state index in [0.29, 0.717) is 0 Å². The molecule has 3 aromatic carbocycles. The maximum Gasteiger partial charge on any atom is 0.336 e. The standard InChI is InChI=1S/C24H21NO5S/c26-22(18-13-7-8-14-19(18)23(27)28)25-20(15-31)24(29)30-21(16-9-3-1-4-10-16)17-11-5-2-6-12-17/h1-14,20-21,31H,15H2,(H,25,26)(H,27,28)/t20-/m0/s1. The van der Waals surface area contributed by atoms with Gasteiger partial charge >= 0.3 is 11.9 Å². The highest BCUT2D eigenvalue weighted by molar-refractivity contribution is 7.80. The van der Waals surface area contributed by atoms with Crippen LogP contribution in [0.1, 0.15) is 37.9 Å². The minimum atomic E-state index is -1.23. The van der Waals surface area contributed by atoms with Crippen molar-refractivity contribution in [2.45, 2.75) is 12.1 Å². The van der Waals surface area contributed by atoms with Gasteiger partial charge in [0.1, 0.15) is 6.04 Å². The summed E-state index contributed by atoms with van der Waals surface area (Å²) in [5.74, 6) is -2.61. The van der Waals surface area contributed by atoms with Crippen molar-refractivity contribution in [3.05, 3.63) is 107 Å². The highest BCUT2D eigenvalue weighted by Gasteiger charge is 2.27. The number of ether oxygens (including phenoxy) is 1. The molecule has 0 heterocycles. The summed E-state index contributed by atoms with van der Waals surface area (Å²) in [5, 5.41) is 11.8. The van der Waals surface area contributed by atoms with Crippen LogP contribution in [-0.2, 0) is 9.53 Å². The zero-order valence-corrected chi connectivity index (χ0v) is 17.4. The molecule has 0 saturated carbocycles. The van der Waals surface area contributed by atoms with Crippen LogP contribution in [0, 0.1) is 0 Å². The Morgan fingerprint density at radius 2 is 1.29 bits per heavy atom. The third-order valence-corrected chi connectivity index (χ3v) is 4.98. The van der Waals surface area contributed by atoms with Crippen LogP contribution < -0.4 is 5.32 Å². The Morgan fingerprint density at radius 3 is 1.77 bits per heavy atom. The monoisotopic (exact) mass is 435 g/mol. The number of benzene rings is 3. The lowest BCUT2D eigenvalue weighted by atomic mass is 10.0. The van der Waals surface area contributed by atoms with Crippen LogP contribution in [-0.4, -0.2) is 34.7 Å². The molecule has 158 valence electrons. The van der Waals surface area contributed by atoms with Gasteiger partial charge < -0.3 is 15.2 Å². The number of thiol groups is 1. The molecule has 31 heavy (non-hydrogen) atoms. The Labute approximate surface area is 185 Å². The third-order valence-electron chi connectivity index (χ3n) is 4.61. The molecule has 0 spiro atoms. The van der Waals surface area contributed by atoms with Crippen molar-refractivity contribution in [1.29, 1.82) is 0 Å². The zero-order chi connectivity index (χ0) is 22.2. The Balaban J connectivity index is 1.81. The Hall–Kier alpha value is -3.58. The second kappa shape index (κ2) is 10.4. The number of esters is 1. The second-order valence-electron chi connectivity index (χ2n) is 6.70. The molecule has 0 aliphatic carbocycles. The van der Waals surface area contributed by atoms with Gasteiger partial charge in [-0.2, -0.15) is 12.6 Å². The van der Waals surface area contributed by atoms with E-state index >= 15 is 0 Å². The number of carbonyl (C=O) groups is 3. The van der Waals surface area contributed by atoms with Crippen LogP contribution in [0.3, 0.4) is 0 Å². The first kappa shape index (κ1) is 22.1. The number of carbonyl (C=O) groups excluding carboxylic acids is 2. The Bertz CT molecular complexity index is 1020. The lowest BCUT2D eigenvalue weighted by Gasteiger charge is -2.23. The van der Waals surface area contributed by atoms with E-state index in [9.17, 15) is 19.5 Å². The van der Waals surface area contributed by atoms with Gasteiger partial charge in [-0.1, -0.05) is 72.8 Å². The van der Waals surface area contributed by atoms with Gasteiger partial charge in [-0.05, 0) is 23.3 Å². The molecule has 0 radical (unpaired) electrons. The van der Waals surface area contributed by atoms with Crippen molar-refractivity contribution < 1.29 is 24.2 Å². The molecule has 7 heteroatoms. The molecule has 0 aromatic heterocycles. The van der Waals surface area contributed by atoms with Crippen molar-refractivity contribution >= 4 is 30.5 Å². The number of aromatic carboxylic acids is 1. The summed E-state index contributed by atoms with van der Waals surface area (Å²) in [6.45, 7) is 0. The average molecular weight is 436 g/mol. The molecular weight excluding hydrogens is 414 g/mol. The molecule has 0 saturated heterocycles. The van der Waals surface area contributed by atoms with E-state index in [1.165, 1.54) is 18.2 Å². The van der Waals surface area contributed by atoms with Crippen LogP contribution in [0.5, 0.6) is 0 Å². The molecule has 6 nitrogen and oxygen atoms in total. The summed E-state index contributed by atoms with van der Waals surface area (Å²) < 4.78 is 5.77. The molecule has 3 rings (SSSR count). The summed E-state index contributed by atoms with van der Waals surface area (Å²) in [4.78, 5) is 37.0. The number of rotatable bonds is 8. The fraction of sp³-hybridized carbons (Fsp3) is 0.125. The topological polar surface area (TPSA) is 92.7 Å². The third kappa shape index (κ3) is 5.52. The van der Waals surface area contributed by atoms with Crippen LogP contribution in [0.15, 0.2) is 84.9 Å². The molecule has 0 unspecified atom stereocenters. The highest BCUT2D eigenvalue weighted by atomic mass is 32.1. The number of hydrogen-bond acceptors (Lipinski definition) is 5. The Morgan fingerprint density at radius 1 is 0.806 bits per heavy atom. The fourth-order valence-corrected chi connectivity index (χ4v) is 3.31. The molecule has 2 N–H and O–H groups in total. The predicted octanol–water partition coefficient (Wildman–Crippen LogP) is 3.75. The molecule has 0 bridgehead atoms. The van der Waals surface area contributed by atoms with Gasteiger partial charge in [-0.15, -0.1) is 0 Å². The number of carboxylic acid groups (broad SMARTS) is 1. The summed E-state index contributed by atoms with van der Waals surface area (Å²) in [6.07, 6.45) is -0.666. The van der Waals surface area contributed by atoms with E-state index in [-0.39, 0.29) is 16.9 Å². The maximum atomic E-state index is 12.9. The normalized spacial score (nSPS) is 11.5. The smallest absolute Gasteiger partial charge is 0.336 e. The maximum absolute atomic E-state index is 12.9. The van der Waals surface area contributed by atoms with E-state index in [1.807, 2.05) is 60.7 Å². The van der Waals surface area contributed by atoms with Crippen molar-refractivity contribution in [2.24, 2.45) is 0 Å². The average Bonchev–Trinajstić information content (AvgIpc) is 2.81.